The van der Waals surface area contributed by atoms with E-state index < -0.39 is 107 Å². The van der Waals surface area contributed by atoms with Crippen molar-refractivity contribution in [3.05, 3.63) is 35.5 Å². The number of aliphatic hydroxyl groups excluding tert-OH is 2. The lowest BCUT2D eigenvalue weighted by Crippen LogP contribution is -2.62. The summed E-state index contributed by atoms with van der Waals surface area (Å²) in [6, 6.07) is 0. The van der Waals surface area contributed by atoms with Crippen molar-refractivity contribution in [3.63, 3.8) is 0 Å². The molecule has 0 radical (unpaired) electrons. The van der Waals surface area contributed by atoms with Crippen LogP contribution in [0.3, 0.4) is 0 Å². The maximum atomic E-state index is 13.3. The number of cyclic esters (lactones) is 1. The standard InChI is InChI=1S/C42H64O15/c1-24(43)32-20-29-15-26(17-35(46)52-10)22-41(49,56-29)39(5,6)12-11-28-13-25(16-34(45)51-9)14-31(53-28)23-42(50)40(7,8)33(55-37(48)38(2,3)4)21-30(57-42)18-27(44)19-36(47)54-32/h11-12,16-17,24,27-33,43-44,49-50H,13-15,18-23H2,1-10H3/b12-11+,25-16+,26-17-. The van der Waals surface area contributed by atoms with Crippen molar-refractivity contribution < 1.29 is 72.8 Å². The number of hydrogen-bond donors (Lipinski definition) is 4. The summed E-state index contributed by atoms with van der Waals surface area (Å²) in [5, 5.41) is 46.7. The van der Waals surface area contributed by atoms with Gasteiger partial charge in [-0.1, -0.05) is 51.0 Å². The van der Waals surface area contributed by atoms with Crippen molar-refractivity contribution in [2.24, 2.45) is 16.2 Å². The van der Waals surface area contributed by atoms with Crippen LogP contribution in [-0.2, 0) is 52.3 Å². The Morgan fingerprint density at radius 2 is 1.46 bits per heavy atom. The van der Waals surface area contributed by atoms with Gasteiger partial charge in [-0.2, -0.15) is 0 Å². The van der Waals surface area contributed by atoms with Gasteiger partial charge >= 0.3 is 23.9 Å². The van der Waals surface area contributed by atoms with Crippen LogP contribution in [-0.4, -0.2) is 119 Å². The summed E-state index contributed by atoms with van der Waals surface area (Å²) in [6.07, 6.45) is -1.65. The molecule has 4 N–H and O–H groups in total. The Bertz CT molecular complexity index is 1570. The number of hydrogen-bond acceptors (Lipinski definition) is 15. The summed E-state index contributed by atoms with van der Waals surface area (Å²) in [4.78, 5) is 51.4. The van der Waals surface area contributed by atoms with Gasteiger partial charge in [0.1, 0.15) is 12.2 Å². The molecule has 15 nitrogen and oxygen atoms in total. The van der Waals surface area contributed by atoms with E-state index in [2.05, 4.69) is 0 Å². The SMILES string of the molecule is COC(=O)/C=C1\CC2/C=C/C(C)(C)C3(O)C/C(=C\C(=O)OC)CC(CC(C(C)O)OC(=O)CC(O)CC4CC(OC(=O)C(C)(C)C)C(C)(C)C(O)(CC(C1)O2)O4)O3. The van der Waals surface area contributed by atoms with Crippen LogP contribution in [0.15, 0.2) is 35.5 Å². The summed E-state index contributed by atoms with van der Waals surface area (Å²) in [5.41, 5.74) is -2.05. The molecule has 57 heavy (non-hydrogen) atoms. The largest absolute Gasteiger partial charge is 0.466 e. The lowest BCUT2D eigenvalue weighted by molar-refractivity contribution is -0.349. The third-order valence-electron chi connectivity index (χ3n) is 11.7. The van der Waals surface area contributed by atoms with Crippen LogP contribution in [0.4, 0.5) is 0 Å². The van der Waals surface area contributed by atoms with Gasteiger partial charge in [0.05, 0.1) is 68.1 Å². The van der Waals surface area contributed by atoms with Gasteiger partial charge < -0.3 is 53.6 Å². The first-order chi connectivity index (χ1) is 26.3. The zero-order chi connectivity index (χ0) is 42.7. The van der Waals surface area contributed by atoms with Crippen LogP contribution >= 0.6 is 0 Å². The van der Waals surface area contributed by atoms with E-state index in [0.717, 1.165) is 0 Å². The molecule has 6 bridgehead atoms. The maximum Gasteiger partial charge on any atom is 0.330 e. The first-order valence-corrected chi connectivity index (χ1v) is 19.8. The highest BCUT2D eigenvalue weighted by Crippen LogP contribution is 2.50. The molecule has 0 aromatic heterocycles. The predicted molar refractivity (Wildman–Crippen MR) is 204 cm³/mol. The molecular weight excluding hydrogens is 744 g/mol. The van der Waals surface area contributed by atoms with Crippen molar-refractivity contribution in [3.8, 4) is 0 Å². The summed E-state index contributed by atoms with van der Waals surface area (Å²) in [7, 11) is 2.51. The molecule has 0 saturated carbocycles. The monoisotopic (exact) mass is 808 g/mol. The third-order valence-corrected chi connectivity index (χ3v) is 11.7. The first-order valence-electron chi connectivity index (χ1n) is 19.8. The molecule has 0 aromatic rings. The first kappa shape index (κ1) is 46.5. The van der Waals surface area contributed by atoms with Crippen molar-refractivity contribution in [1.29, 1.82) is 0 Å². The Balaban J connectivity index is 1.82. The highest BCUT2D eigenvalue weighted by molar-refractivity contribution is 5.83. The van der Waals surface area contributed by atoms with Gasteiger partial charge in [-0.25, -0.2) is 9.59 Å². The summed E-state index contributed by atoms with van der Waals surface area (Å²) >= 11 is 0. The molecule has 4 heterocycles. The second kappa shape index (κ2) is 18.0. The van der Waals surface area contributed by atoms with E-state index in [9.17, 15) is 39.6 Å². The minimum Gasteiger partial charge on any atom is -0.466 e. The molecule has 0 spiro atoms. The molecule has 4 aliphatic heterocycles. The molecule has 0 aliphatic carbocycles. The highest BCUT2D eigenvalue weighted by atomic mass is 16.6. The number of carbonyl (C=O) groups is 4. The number of rotatable bonds is 4. The van der Waals surface area contributed by atoms with Crippen molar-refractivity contribution in [2.45, 2.75) is 174 Å². The van der Waals surface area contributed by atoms with Crippen LogP contribution in [0.25, 0.3) is 0 Å². The second-order valence-electron chi connectivity index (χ2n) is 18.3. The van der Waals surface area contributed by atoms with Crippen molar-refractivity contribution in [2.75, 3.05) is 14.2 Å². The fourth-order valence-corrected chi connectivity index (χ4v) is 7.84. The Kier molecular flexibility index (Phi) is 14.7. The van der Waals surface area contributed by atoms with Gasteiger partial charge in [-0.15, -0.1) is 0 Å². The molecular formula is C42H64O15. The van der Waals surface area contributed by atoms with E-state index >= 15 is 0 Å². The average molecular weight is 809 g/mol. The van der Waals surface area contributed by atoms with Gasteiger partial charge in [-0.3, -0.25) is 9.59 Å². The molecule has 3 fully saturated rings. The van der Waals surface area contributed by atoms with Crippen LogP contribution in [0.2, 0.25) is 0 Å². The number of esters is 4. The van der Waals surface area contributed by atoms with E-state index in [1.165, 1.54) is 33.3 Å². The number of methoxy groups -OCH3 is 2. The number of aliphatic hydroxyl groups is 4. The Morgan fingerprint density at radius 3 is 2.05 bits per heavy atom. The van der Waals surface area contributed by atoms with E-state index in [0.29, 0.717) is 11.1 Å². The summed E-state index contributed by atoms with van der Waals surface area (Å²) in [5.74, 6) is -6.44. The quantitative estimate of drug-likeness (QED) is 0.137. The number of fused-ring (bicyclic) bond motifs is 6. The fraction of sp³-hybridized carbons (Fsp3) is 0.762. The third kappa shape index (κ3) is 11.5. The van der Waals surface area contributed by atoms with Gasteiger partial charge in [0, 0.05) is 49.7 Å². The van der Waals surface area contributed by atoms with E-state index in [4.69, 9.17) is 33.2 Å². The average Bonchev–Trinajstić information content (AvgIpc) is 3.08. The molecule has 10 atom stereocenters. The van der Waals surface area contributed by atoms with E-state index in [1.807, 2.05) is 0 Å². The van der Waals surface area contributed by atoms with Crippen LogP contribution in [0, 0.1) is 16.2 Å². The fourth-order valence-electron chi connectivity index (χ4n) is 7.84. The second-order valence-corrected chi connectivity index (χ2v) is 18.3. The van der Waals surface area contributed by atoms with Gasteiger partial charge in [0.2, 0.25) is 0 Å². The molecule has 10 unspecified atom stereocenters. The summed E-state index contributed by atoms with van der Waals surface area (Å²) < 4.78 is 40.9. The highest BCUT2D eigenvalue weighted by Gasteiger charge is 2.58. The molecule has 3 saturated heterocycles. The molecule has 4 aliphatic rings. The van der Waals surface area contributed by atoms with Crippen molar-refractivity contribution >= 4 is 23.9 Å². The van der Waals surface area contributed by atoms with E-state index in [1.54, 1.807) is 60.6 Å². The number of carbonyl (C=O) groups excluding carboxylic acids is 4. The maximum absolute atomic E-state index is 13.3. The van der Waals surface area contributed by atoms with Gasteiger partial charge in [0.15, 0.2) is 11.6 Å². The van der Waals surface area contributed by atoms with Gasteiger partial charge in [-0.05, 0) is 47.0 Å². The normalized spacial score (nSPS) is 37.6. The predicted octanol–water partition coefficient (Wildman–Crippen LogP) is 3.87. The minimum atomic E-state index is -2.01. The zero-order valence-electron chi connectivity index (χ0n) is 35.1. The Hall–Kier alpha value is -3.18. The molecule has 4 rings (SSSR count). The topological polar surface area (TPSA) is 214 Å². The lowest BCUT2D eigenvalue weighted by Gasteiger charge is -2.54. The van der Waals surface area contributed by atoms with Gasteiger partial charge in [0.25, 0.3) is 0 Å². The Labute approximate surface area is 335 Å². The number of ether oxygens (including phenoxy) is 7. The van der Waals surface area contributed by atoms with E-state index in [-0.39, 0.29) is 51.4 Å². The van der Waals surface area contributed by atoms with Crippen LogP contribution in [0.5, 0.6) is 0 Å². The molecule has 322 valence electrons. The van der Waals surface area contributed by atoms with Crippen LogP contribution in [0.1, 0.15) is 113 Å². The minimum absolute atomic E-state index is 0.0656. The lowest BCUT2D eigenvalue weighted by atomic mass is 9.70. The summed E-state index contributed by atoms with van der Waals surface area (Å²) in [6.45, 7) is 13.5. The molecule has 0 amide bonds. The van der Waals surface area contributed by atoms with Crippen LogP contribution < -0.4 is 0 Å². The zero-order valence-corrected chi connectivity index (χ0v) is 35.1. The molecule has 0 aromatic carbocycles. The molecule has 15 heteroatoms. The Morgan fingerprint density at radius 1 is 0.860 bits per heavy atom. The van der Waals surface area contributed by atoms with Crippen molar-refractivity contribution in [1.82, 2.24) is 0 Å². The smallest absolute Gasteiger partial charge is 0.330 e.